The molecule has 116 valence electrons. The van der Waals surface area contributed by atoms with Crippen LogP contribution in [0.15, 0.2) is 24.3 Å². The predicted octanol–water partition coefficient (Wildman–Crippen LogP) is 2.77. The van der Waals surface area contributed by atoms with Crippen LogP contribution in [0.2, 0.25) is 0 Å². The minimum Gasteiger partial charge on any atom is -0.389 e. The fourth-order valence-electron chi connectivity index (χ4n) is 1.99. The maximum Gasteiger partial charge on any atom is 0.241 e. The first kappa shape index (κ1) is 17.6. The number of anilines is 1. The molecule has 5 heteroatoms. The summed E-state index contributed by atoms with van der Waals surface area (Å²) in [5, 5.41) is 2.92. The Kier molecular flexibility index (Phi) is 5.87. The molecule has 21 heavy (non-hydrogen) atoms. The number of benzene rings is 1. The molecule has 0 aliphatic rings. The summed E-state index contributed by atoms with van der Waals surface area (Å²) in [6.45, 7) is 8.26. The zero-order chi connectivity index (χ0) is 16.2. The number of nitrogens with one attached hydrogen (secondary N) is 1. The first-order chi connectivity index (χ1) is 9.70. The van der Waals surface area contributed by atoms with Crippen LogP contribution in [0.4, 0.5) is 5.69 Å². The van der Waals surface area contributed by atoms with Gasteiger partial charge in [0.1, 0.15) is 4.99 Å². The third-order valence-corrected chi connectivity index (χ3v) is 4.45. The summed E-state index contributed by atoms with van der Waals surface area (Å²) in [5.41, 5.74) is 6.99. The van der Waals surface area contributed by atoms with Gasteiger partial charge in [0.25, 0.3) is 0 Å². The van der Waals surface area contributed by atoms with E-state index >= 15 is 0 Å². The number of hydrogen-bond donors (Lipinski definition) is 2. The summed E-state index contributed by atoms with van der Waals surface area (Å²) in [6.07, 6.45) is 0.963. The van der Waals surface area contributed by atoms with Gasteiger partial charge in [0.15, 0.2) is 0 Å². The lowest BCUT2D eigenvalue weighted by atomic mass is 9.98. The van der Waals surface area contributed by atoms with Crippen molar-refractivity contribution in [2.24, 2.45) is 5.73 Å². The number of hydrogen-bond acceptors (Lipinski definition) is 3. The molecule has 1 rings (SSSR count). The van der Waals surface area contributed by atoms with Crippen molar-refractivity contribution in [2.45, 2.75) is 45.7 Å². The summed E-state index contributed by atoms with van der Waals surface area (Å²) in [4.78, 5) is 14.8. The van der Waals surface area contributed by atoms with Crippen molar-refractivity contribution in [3.05, 3.63) is 29.8 Å². The maximum absolute atomic E-state index is 12.5. The third kappa shape index (κ3) is 4.25. The van der Waals surface area contributed by atoms with Crippen LogP contribution in [0.25, 0.3) is 0 Å². The van der Waals surface area contributed by atoms with Gasteiger partial charge in [0, 0.05) is 11.1 Å². The molecule has 4 nitrogen and oxygen atoms in total. The SMILES string of the molecule is CCC(C)(C)N(C)C(C)C(=O)Nc1ccccc1C(N)=S. The predicted molar refractivity (Wildman–Crippen MR) is 92.6 cm³/mol. The van der Waals surface area contributed by atoms with Gasteiger partial charge in [-0.2, -0.15) is 0 Å². The molecule has 0 bridgehead atoms. The number of likely N-dealkylation sites (N-methyl/N-ethyl adjacent to an activating group) is 1. The average molecular weight is 307 g/mol. The van der Waals surface area contributed by atoms with Gasteiger partial charge in [-0.05, 0) is 46.4 Å². The molecule has 0 heterocycles. The fourth-order valence-corrected chi connectivity index (χ4v) is 2.17. The van der Waals surface area contributed by atoms with E-state index in [1.807, 2.05) is 38.2 Å². The lowest BCUT2D eigenvalue weighted by Gasteiger charge is -2.38. The van der Waals surface area contributed by atoms with Crippen LogP contribution in [0, 0.1) is 0 Å². The Hall–Kier alpha value is -1.46. The van der Waals surface area contributed by atoms with Gasteiger partial charge in [0.05, 0.1) is 11.7 Å². The van der Waals surface area contributed by atoms with Gasteiger partial charge in [-0.25, -0.2) is 0 Å². The van der Waals surface area contributed by atoms with E-state index in [2.05, 4.69) is 31.0 Å². The number of para-hydroxylation sites is 1. The summed E-state index contributed by atoms with van der Waals surface area (Å²) < 4.78 is 0. The second kappa shape index (κ2) is 7.00. The zero-order valence-corrected chi connectivity index (χ0v) is 14.3. The highest BCUT2D eigenvalue weighted by Gasteiger charge is 2.29. The van der Waals surface area contributed by atoms with Crippen molar-refractivity contribution in [1.82, 2.24) is 4.90 Å². The van der Waals surface area contributed by atoms with Crippen LogP contribution in [0.3, 0.4) is 0 Å². The molecule has 0 aliphatic carbocycles. The highest BCUT2D eigenvalue weighted by atomic mass is 32.1. The maximum atomic E-state index is 12.5. The molecule has 0 fully saturated rings. The van der Waals surface area contributed by atoms with E-state index in [-0.39, 0.29) is 22.5 Å². The number of thiocarbonyl (C=S) groups is 1. The molecular formula is C16H25N3OS. The van der Waals surface area contributed by atoms with Crippen molar-refractivity contribution < 1.29 is 4.79 Å². The van der Waals surface area contributed by atoms with Gasteiger partial charge in [-0.1, -0.05) is 31.3 Å². The normalized spacial score (nSPS) is 13.0. The minimum absolute atomic E-state index is 0.0422. The third-order valence-electron chi connectivity index (χ3n) is 4.23. The second-order valence-corrected chi connectivity index (χ2v) is 6.29. The van der Waals surface area contributed by atoms with Gasteiger partial charge < -0.3 is 11.1 Å². The first-order valence-corrected chi connectivity index (χ1v) is 7.54. The number of nitrogens with two attached hydrogens (primary N) is 1. The first-order valence-electron chi connectivity index (χ1n) is 7.13. The van der Waals surface area contributed by atoms with Gasteiger partial charge in [0.2, 0.25) is 5.91 Å². The van der Waals surface area contributed by atoms with Crippen molar-refractivity contribution in [1.29, 1.82) is 0 Å². The molecule has 0 spiro atoms. The molecule has 0 aromatic heterocycles. The summed E-state index contributed by atoms with van der Waals surface area (Å²) >= 11 is 5.01. The van der Waals surface area contributed by atoms with Crippen LogP contribution in [-0.4, -0.2) is 34.4 Å². The largest absolute Gasteiger partial charge is 0.389 e. The van der Waals surface area contributed by atoms with Crippen LogP contribution >= 0.6 is 12.2 Å². The molecule has 0 radical (unpaired) electrons. The molecule has 0 aliphatic heterocycles. The average Bonchev–Trinajstić information content (AvgIpc) is 2.45. The molecule has 1 aromatic carbocycles. The van der Waals surface area contributed by atoms with Crippen molar-refractivity contribution in [3.63, 3.8) is 0 Å². The summed E-state index contributed by atoms with van der Waals surface area (Å²) in [5.74, 6) is -0.0669. The highest BCUT2D eigenvalue weighted by Crippen LogP contribution is 2.21. The number of amides is 1. The van der Waals surface area contributed by atoms with Gasteiger partial charge >= 0.3 is 0 Å². The Labute approximate surface area is 132 Å². The Balaban J connectivity index is 2.89. The smallest absolute Gasteiger partial charge is 0.241 e. The highest BCUT2D eigenvalue weighted by molar-refractivity contribution is 7.80. The monoisotopic (exact) mass is 307 g/mol. The van der Waals surface area contributed by atoms with Crippen LogP contribution in [0.5, 0.6) is 0 Å². The van der Waals surface area contributed by atoms with E-state index in [0.29, 0.717) is 11.3 Å². The molecule has 1 aromatic rings. The Bertz CT molecular complexity index is 528. The number of carbonyl (C=O) groups is 1. The van der Waals surface area contributed by atoms with E-state index in [9.17, 15) is 4.79 Å². The summed E-state index contributed by atoms with van der Waals surface area (Å²) in [7, 11) is 1.97. The Morgan fingerprint density at radius 2 is 2.00 bits per heavy atom. The lowest BCUT2D eigenvalue weighted by Crippen LogP contribution is -2.50. The van der Waals surface area contributed by atoms with Crippen molar-refractivity contribution in [3.8, 4) is 0 Å². The van der Waals surface area contributed by atoms with E-state index in [4.69, 9.17) is 18.0 Å². The standard InChI is InChI=1S/C16H25N3OS/c1-6-16(3,4)19(5)11(2)15(20)18-13-10-8-7-9-12(13)14(17)21/h7-11H,6H2,1-5H3,(H2,17,21)(H,18,20). The van der Waals surface area contributed by atoms with Gasteiger partial charge in [-0.15, -0.1) is 0 Å². The summed E-state index contributed by atoms with van der Waals surface area (Å²) in [6, 6.07) is 7.06. The fraction of sp³-hybridized carbons (Fsp3) is 0.500. The number of nitrogens with zero attached hydrogens (tertiary/aromatic N) is 1. The van der Waals surface area contributed by atoms with Gasteiger partial charge in [-0.3, -0.25) is 9.69 Å². The topological polar surface area (TPSA) is 58.4 Å². The molecule has 1 unspecified atom stereocenters. The van der Waals surface area contributed by atoms with E-state index < -0.39 is 0 Å². The molecule has 1 atom stereocenters. The lowest BCUT2D eigenvalue weighted by molar-refractivity contribution is -0.122. The van der Waals surface area contributed by atoms with Crippen LogP contribution < -0.4 is 11.1 Å². The van der Waals surface area contributed by atoms with E-state index in [0.717, 1.165) is 6.42 Å². The Morgan fingerprint density at radius 3 is 2.52 bits per heavy atom. The number of carbonyl (C=O) groups excluding carboxylic acids is 1. The van der Waals surface area contributed by atoms with Crippen LogP contribution in [0.1, 0.15) is 39.7 Å². The van der Waals surface area contributed by atoms with Crippen LogP contribution in [-0.2, 0) is 4.79 Å². The van der Waals surface area contributed by atoms with Crippen molar-refractivity contribution >= 4 is 28.8 Å². The minimum atomic E-state index is -0.251. The molecule has 0 saturated carbocycles. The molecule has 1 amide bonds. The second-order valence-electron chi connectivity index (χ2n) is 5.85. The number of rotatable bonds is 6. The quantitative estimate of drug-likeness (QED) is 0.794. The molecule has 3 N–H and O–H groups in total. The Morgan fingerprint density at radius 1 is 1.43 bits per heavy atom. The zero-order valence-electron chi connectivity index (χ0n) is 13.4. The van der Waals surface area contributed by atoms with E-state index in [1.165, 1.54) is 0 Å². The molecule has 0 saturated heterocycles. The van der Waals surface area contributed by atoms with E-state index in [1.54, 1.807) is 0 Å². The van der Waals surface area contributed by atoms with Crippen molar-refractivity contribution in [2.75, 3.05) is 12.4 Å². The molecular weight excluding hydrogens is 282 g/mol.